The Morgan fingerprint density at radius 1 is 1.03 bits per heavy atom. The molecule has 0 radical (unpaired) electrons. The van der Waals surface area contributed by atoms with Crippen molar-refractivity contribution in [2.75, 3.05) is 13.7 Å². The smallest absolute Gasteiger partial charge is 0.250 e. The molecule has 0 aliphatic heterocycles. The summed E-state index contributed by atoms with van der Waals surface area (Å²) < 4.78 is 12.0. The zero-order valence-corrected chi connectivity index (χ0v) is 20.7. The van der Waals surface area contributed by atoms with Gasteiger partial charge in [-0.05, 0) is 109 Å². The van der Waals surface area contributed by atoms with Crippen LogP contribution in [0.3, 0.4) is 0 Å². The molecule has 3 rings (SSSR count). The third-order valence-electron chi connectivity index (χ3n) is 7.03. The predicted octanol–water partition coefficient (Wildman–Crippen LogP) is 6.24. The maximum absolute atomic E-state index is 6.57. The number of aryl methyl sites for hydroxylation is 1. The van der Waals surface area contributed by atoms with Crippen LogP contribution in [0, 0.1) is 0 Å². The number of ether oxygens (including phenoxy) is 1. The van der Waals surface area contributed by atoms with Gasteiger partial charge in [0.05, 0.1) is 7.11 Å². The second kappa shape index (κ2) is 9.15. The van der Waals surface area contributed by atoms with Gasteiger partial charge in [-0.3, -0.25) is 0 Å². The van der Waals surface area contributed by atoms with E-state index in [9.17, 15) is 0 Å². The SMILES string of the molecule is COc1ccc(C2CCCc3cc(O[Si](C)(C)C(C)(C)C)ccc3C2)c(CCN)c1. The Balaban J connectivity index is 1.85. The van der Waals surface area contributed by atoms with E-state index in [2.05, 4.69) is 70.3 Å². The Kier molecular flexibility index (Phi) is 6.98. The molecule has 0 saturated heterocycles. The van der Waals surface area contributed by atoms with Crippen molar-refractivity contribution in [2.45, 2.75) is 76.9 Å². The van der Waals surface area contributed by atoms with E-state index in [0.717, 1.165) is 30.8 Å². The molecule has 0 saturated carbocycles. The van der Waals surface area contributed by atoms with E-state index >= 15 is 0 Å². The highest BCUT2D eigenvalue weighted by Crippen LogP contribution is 2.39. The summed E-state index contributed by atoms with van der Waals surface area (Å²) in [6, 6.07) is 13.3. The number of hydrogen-bond acceptors (Lipinski definition) is 3. The van der Waals surface area contributed by atoms with Gasteiger partial charge < -0.3 is 14.9 Å². The van der Waals surface area contributed by atoms with E-state index in [1.807, 2.05) is 0 Å². The lowest BCUT2D eigenvalue weighted by atomic mass is 9.86. The third-order valence-corrected chi connectivity index (χ3v) is 11.4. The Morgan fingerprint density at radius 3 is 2.43 bits per heavy atom. The van der Waals surface area contributed by atoms with Gasteiger partial charge in [0.2, 0.25) is 8.32 Å². The number of nitrogens with two attached hydrogens (primary N) is 1. The molecule has 4 heteroatoms. The van der Waals surface area contributed by atoms with Crippen molar-refractivity contribution in [3.05, 3.63) is 58.7 Å². The van der Waals surface area contributed by atoms with Crippen LogP contribution < -0.4 is 14.9 Å². The first-order valence-electron chi connectivity index (χ1n) is 11.3. The standard InChI is InChI=1S/C26H39NO2Si/c1-26(2,3)30(5,6)29-24-11-10-20-16-21(9-7-8-19(20)17-24)25-13-12-23(28-4)18-22(25)14-15-27/h10-13,17-18,21H,7-9,14-16,27H2,1-6H3. The molecule has 2 N–H and O–H groups in total. The molecule has 0 amide bonds. The van der Waals surface area contributed by atoms with Crippen molar-refractivity contribution >= 4 is 8.32 Å². The first-order chi connectivity index (χ1) is 14.1. The van der Waals surface area contributed by atoms with Crippen molar-refractivity contribution in [2.24, 2.45) is 5.73 Å². The van der Waals surface area contributed by atoms with Gasteiger partial charge in [-0.25, -0.2) is 0 Å². The fraction of sp³-hybridized carbons (Fsp3) is 0.538. The minimum absolute atomic E-state index is 0.207. The van der Waals surface area contributed by atoms with Crippen molar-refractivity contribution in [1.29, 1.82) is 0 Å². The summed E-state index contributed by atoms with van der Waals surface area (Å²) in [5.41, 5.74) is 11.6. The predicted molar refractivity (Wildman–Crippen MR) is 129 cm³/mol. The number of methoxy groups -OCH3 is 1. The monoisotopic (exact) mass is 425 g/mol. The molecule has 2 aromatic rings. The molecule has 2 aromatic carbocycles. The molecule has 0 aromatic heterocycles. The van der Waals surface area contributed by atoms with Gasteiger partial charge in [0.1, 0.15) is 11.5 Å². The largest absolute Gasteiger partial charge is 0.543 e. The number of fused-ring (bicyclic) bond motifs is 1. The Labute approximate surface area is 184 Å². The lowest BCUT2D eigenvalue weighted by Crippen LogP contribution is -2.43. The quantitative estimate of drug-likeness (QED) is 0.440. The molecule has 1 unspecified atom stereocenters. The van der Waals surface area contributed by atoms with E-state index in [1.165, 1.54) is 35.1 Å². The lowest BCUT2D eigenvalue weighted by Gasteiger charge is -2.36. The van der Waals surface area contributed by atoms with Crippen molar-refractivity contribution in [1.82, 2.24) is 0 Å². The van der Waals surface area contributed by atoms with Gasteiger partial charge in [-0.2, -0.15) is 0 Å². The molecule has 1 atom stereocenters. The molecule has 1 aliphatic rings. The fourth-order valence-corrected chi connectivity index (χ4v) is 5.22. The maximum Gasteiger partial charge on any atom is 0.250 e. The van der Waals surface area contributed by atoms with Crippen LogP contribution in [0.1, 0.15) is 61.8 Å². The molecular weight excluding hydrogens is 386 g/mol. The van der Waals surface area contributed by atoms with Gasteiger partial charge in [0, 0.05) is 0 Å². The van der Waals surface area contributed by atoms with Crippen LogP contribution in [0.4, 0.5) is 0 Å². The highest BCUT2D eigenvalue weighted by Gasteiger charge is 2.39. The molecule has 164 valence electrons. The molecule has 0 heterocycles. The van der Waals surface area contributed by atoms with E-state index < -0.39 is 8.32 Å². The fourth-order valence-electron chi connectivity index (χ4n) is 4.20. The summed E-state index contributed by atoms with van der Waals surface area (Å²) in [4.78, 5) is 0. The first kappa shape index (κ1) is 22.9. The molecule has 30 heavy (non-hydrogen) atoms. The molecule has 0 bridgehead atoms. The summed E-state index contributed by atoms with van der Waals surface area (Å²) in [5, 5.41) is 0.207. The average molecular weight is 426 g/mol. The van der Waals surface area contributed by atoms with Gasteiger partial charge in [-0.15, -0.1) is 0 Å². The van der Waals surface area contributed by atoms with Crippen LogP contribution in [0.2, 0.25) is 18.1 Å². The molecule has 1 aliphatic carbocycles. The summed E-state index contributed by atoms with van der Waals surface area (Å²) in [7, 11) is -0.0904. The Bertz CT molecular complexity index is 870. The van der Waals surface area contributed by atoms with Crippen molar-refractivity contribution < 1.29 is 9.16 Å². The molecular formula is C26H39NO2Si. The van der Waals surface area contributed by atoms with Crippen molar-refractivity contribution in [3.8, 4) is 11.5 Å². The highest BCUT2D eigenvalue weighted by molar-refractivity contribution is 6.74. The molecule has 0 spiro atoms. The Morgan fingerprint density at radius 2 is 1.77 bits per heavy atom. The van der Waals surface area contributed by atoms with Crippen LogP contribution in [0.15, 0.2) is 36.4 Å². The van der Waals surface area contributed by atoms with Crippen LogP contribution in [-0.2, 0) is 19.3 Å². The maximum atomic E-state index is 6.57. The second-order valence-electron chi connectivity index (χ2n) is 10.2. The minimum Gasteiger partial charge on any atom is -0.543 e. The molecule has 3 nitrogen and oxygen atoms in total. The van der Waals surface area contributed by atoms with Gasteiger partial charge >= 0.3 is 0 Å². The first-order valence-corrected chi connectivity index (χ1v) is 14.2. The van der Waals surface area contributed by atoms with Gasteiger partial charge in [0.15, 0.2) is 0 Å². The summed E-state index contributed by atoms with van der Waals surface area (Å²) >= 11 is 0. The zero-order valence-electron chi connectivity index (χ0n) is 19.7. The number of hydrogen-bond donors (Lipinski definition) is 1. The average Bonchev–Trinajstić information content (AvgIpc) is 2.89. The Hall–Kier alpha value is -1.78. The van der Waals surface area contributed by atoms with Crippen molar-refractivity contribution in [3.63, 3.8) is 0 Å². The summed E-state index contributed by atoms with van der Waals surface area (Å²) in [5.74, 6) is 2.50. The van der Waals surface area contributed by atoms with E-state index in [-0.39, 0.29) is 5.04 Å². The topological polar surface area (TPSA) is 44.5 Å². The summed E-state index contributed by atoms with van der Waals surface area (Å²) in [6.45, 7) is 12.2. The second-order valence-corrected chi connectivity index (χ2v) is 14.9. The minimum atomic E-state index is -1.82. The number of benzene rings is 2. The van der Waals surface area contributed by atoms with Gasteiger partial charge in [-0.1, -0.05) is 32.9 Å². The van der Waals surface area contributed by atoms with Gasteiger partial charge in [0.25, 0.3) is 0 Å². The summed E-state index contributed by atoms with van der Waals surface area (Å²) in [6.07, 6.45) is 5.52. The van der Waals surface area contributed by atoms with Crippen LogP contribution in [0.25, 0.3) is 0 Å². The van der Waals surface area contributed by atoms with E-state index in [4.69, 9.17) is 14.9 Å². The van der Waals surface area contributed by atoms with Crippen LogP contribution in [0.5, 0.6) is 11.5 Å². The van der Waals surface area contributed by atoms with E-state index in [1.54, 1.807) is 7.11 Å². The number of rotatable bonds is 6. The lowest BCUT2D eigenvalue weighted by molar-refractivity contribution is 0.413. The normalized spacial score (nSPS) is 17.2. The highest BCUT2D eigenvalue weighted by atomic mass is 28.4. The molecule has 0 fully saturated rings. The van der Waals surface area contributed by atoms with Crippen LogP contribution in [-0.4, -0.2) is 22.0 Å². The van der Waals surface area contributed by atoms with Crippen LogP contribution >= 0.6 is 0 Å². The zero-order chi connectivity index (χ0) is 21.9. The van der Waals surface area contributed by atoms with E-state index in [0.29, 0.717) is 12.5 Å². The third kappa shape index (κ3) is 5.09.